The van der Waals surface area contributed by atoms with Crippen LogP contribution in [0.2, 0.25) is 0 Å². The number of nitrogens with zero attached hydrogens (tertiary/aromatic N) is 1. The third-order valence-electron chi connectivity index (χ3n) is 4.07. The van der Waals surface area contributed by atoms with E-state index < -0.39 is 12.0 Å². The molecule has 1 rings (SSSR count). The maximum atomic E-state index is 12.2. The lowest BCUT2D eigenvalue weighted by atomic mass is 9.92. The lowest BCUT2D eigenvalue weighted by molar-refractivity contribution is -0.139. The molecule has 0 aliphatic carbocycles. The molecule has 0 saturated carbocycles. The summed E-state index contributed by atoms with van der Waals surface area (Å²) in [5.74, 6) is -0.543. The minimum atomic E-state index is -0.993. The number of ether oxygens (including phenoxy) is 1. The van der Waals surface area contributed by atoms with Crippen LogP contribution in [0.25, 0.3) is 0 Å². The van der Waals surface area contributed by atoms with Gasteiger partial charge in [0, 0.05) is 26.3 Å². The molecule has 1 aliphatic heterocycles. The van der Waals surface area contributed by atoms with E-state index in [1.807, 2.05) is 6.92 Å². The van der Waals surface area contributed by atoms with Gasteiger partial charge in [-0.2, -0.15) is 0 Å². The molecule has 2 amide bonds. The average Bonchev–Trinajstić information content (AvgIpc) is 2.40. The van der Waals surface area contributed by atoms with Crippen LogP contribution in [0.3, 0.4) is 0 Å². The predicted octanol–water partition coefficient (Wildman–Crippen LogP) is 1.70. The largest absolute Gasteiger partial charge is 0.480 e. The number of carbonyl (C=O) groups excluding carboxylic acids is 1. The molecule has 2 N–H and O–H groups in total. The molecule has 0 aromatic rings. The highest BCUT2D eigenvalue weighted by atomic mass is 16.5. The molecule has 3 unspecified atom stereocenters. The van der Waals surface area contributed by atoms with Gasteiger partial charge in [-0.25, -0.2) is 9.59 Å². The zero-order chi connectivity index (χ0) is 15.1. The van der Waals surface area contributed by atoms with E-state index >= 15 is 0 Å². The number of carboxylic acids is 1. The van der Waals surface area contributed by atoms with E-state index in [2.05, 4.69) is 12.2 Å². The van der Waals surface area contributed by atoms with E-state index in [9.17, 15) is 9.59 Å². The summed E-state index contributed by atoms with van der Waals surface area (Å²) < 4.78 is 4.91. The van der Waals surface area contributed by atoms with Gasteiger partial charge in [0.25, 0.3) is 0 Å². The van der Waals surface area contributed by atoms with Crippen molar-refractivity contribution >= 4 is 12.0 Å². The molecule has 6 heteroatoms. The fourth-order valence-corrected chi connectivity index (χ4v) is 2.54. The Morgan fingerprint density at radius 3 is 2.75 bits per heavy atom. The highest BCUT2D eigenvalue weighted by Crippen LogP contribution is 2.22. The molecular formula is C14H26N2O4. The molecule has 1 saturated heterocycles. The summed E-state index contributed by atoms with van der Waals surface area (Å²) in [5.41, 5.74) is 0. The Bertz CT molecular complexity index is 335. The summed E-state index contributed by atoms with van der Waals surface area (Å²) in [7, 11) is 1.57. The molecule has 3 atom stereocenters. The number of hydrogen-bond acceptors (Lipinski definition) is 3. The molecule has 0 aromatic carbocycles. The summed E-state index contributed by atoms with van der Waals surface area (Å²) in [6, 6.07) is -0.965. The van der Waals surface area contributed by atoms with Crippen LogP contribution in [0.15, 0.2) is 0 Å². The summed E-state index contributed by atoms with van der Waals surface area (Å²) in [6.45, 7) is 5.33. The first-order valence-electron chi connectivity index (χ1n) is 7.26. The van der Waals surface area contributed by atoms with E-state index in [4.69, 9.17) is 9.84 Å². The molecule has 116 valence electrons. The third-order valence-corrected chi connectivity index (χ3v) is 4.07. The molecular weight excluding hydrogens is 260 g/mol. The van der Waals surface area contributed by atoms with Gasteiger partial charge in [0.2, 0.25) is 0 Å². The molecule has 0 aromatic heterocycles. The number of amides is 2. The topological polar surface area (TPSA) is 78.9 Å². The van der Waals surface area contributed by atoms with Crippen molar-refractivity contribution < 1.29 is 19.4 Å². The standard InChI is InChI=1S/C14H26N2O4/c1-10-6-4-8-16(11(10)2)14(19)15-12(13(17)18)7-5-9-20-3/h10-12H,4-9H2,1-3H3,(H,15,19)(H,17,18). The van der Waals surface area contributed by atoms with Gasteiger partial charge in [-0.3, -0.25) is 0 Å². The highest BCUT2D eigenvalue weighted by molar-refractivity contribution is 5.82. The van der Waals surface area contributed by atoms with E-state index in [1.54, 1.807) is 12.0 Å². The quantitative estimate of drug-likeness (QED) is 0.728. The van der Waals surface area contributed by atoms with Gasteiger partial charge in [-0.05, 0) is 38.5 Å². The van der Waals surface area contributed by atoms with Gasteiger partial charge in [0.05, 0.1) is 0 Å². The monoisotopic (exact) mass is 286 g/mol. The molecule has 0 spiro atoms. The van der Waals surface area contributed by atoms with Gasteiger partial charge in [-0.15, -0.1) is 0 Å². The normalized spacial score (nSPS) is 24.2. The van der Waals surface area contributed by atoms with Crippen LogP contribution >= 0.6 is 0 Å². The van der Waals surface area contributed by atoms with Crippen molar-refractivity contribution in [3.63, 3.8) is 0 Å². The van der Waals surface area contributed by atoms with Crippen molar-refractivity contribution in [2.24, 2.45) is 5.92 Å². The Balaban J connectivity index is 2.54. The summed E-state index contributed by atoms with van der Waals surface area (Å²) in [6.07, 6.45) is 3.08. The second-order valence-electron chi connectivity index (χ2n) is 5.53. The zero-order valence-corrected chi connectivity index (χ0v) is 12.6. The molecule has 1 aliphatic rings. The molecule has 20 heavy (non-hydrogen) atoms. The fraction of sp³-hybridized carbons (Fsp3) is 0.857. The van der Waals surface area contributed by atoms with Crippen LogP contribution in [0, 0.1) is 5.92 Å². The van der Waals surface area contributed by atoms with E-state index in [0.29, 0.717) is 31.9 Å². The summed E-state index contributed by atoms with van der Waals surface area (Å²) >= 11 is 0. The molecule has 0 radical (unpaired) electrons. The SMILES string of the molecule is COCCCC(NC(=O)N1CCCC(C)C1C)C(=O)O. The maximum Gasteiger partial charge on any atom is 0.326 e. The Labute approximate surface area is 120 Å². The van der Waals surface area contributed by atoms with Crippen molar-refractivity contribution in [1.29, 1.82) is 0 Å². The number of likely N-dealkylation sites (tertiary alicyclic amines) is 1. The second-order valence-corrected chi connectivity index (χ2v) is 5.53. The lowest BCUT2D eigenvalue weighted by Crippen LogP contribution is -2.54. The number of hydrogen-bond donors (Lipinski definition) is 2. The van der Waals surface area contributed by atoms with Gasteiger partial charge >= 0.3 is 12.0 Å². The van der Waals surface area contributed by atoms with Crippen molar-refractivity contribution in [3.05, 3.63) is 0 Å². The Morgan fingerprint density at radius 2 is 2.15 bits per heavy atom. The maximum absolute atomic E-state index is 12.2. The fourth-order valence-electron chi connectivity index (χ4n) is 2.54. The Hall–Kier alpha value is -1.30. The van der Waals surface area contributed by atoms with Crippen LogP contribution < -0.4 is 5.32 Å². The lowest BCUT2D eigenvalue weighted by Gasteiger charge is -2.38. The van der Waals surface area contributed by atoms with Crippen LogP contribution in [0.5, 0.6) is 0 Å². The summed E-state index contributed by atoms with van der Waals surface area (Å²) in [4.78, 5) is 25.2. The van der Waals surface area contributed by atoms with E-state index in [-0.39, 0.29) is 12.1 Å². The molecule has 1 fully saturated rings. The Morgan fingerprint density at radius 1 is 1.45 bits per heavy atom. The van der Waals surface area contributed by atoms with Crippen molar-refractivity contribution in [1.82, 2.24) is 10.2 Å². The minimum Gasteiger partial charge on any atom is -0.480 e. The highest BCUT2D eigenvalue weighted by Gasteiger charge is 2.30. The van der Waals surface area contributed by atoms with Gasteiger partial charge in [0.15, 0.2) is 0 Å². The van der Waals surface area contributed by atoms with Crippen LogP contribution in [-0.4, -0.2) is 54.4 Å². The number of urea groups is 1. The number of rotatable bonds is 6. The number of methoxy groups -OCH3 is 1. The number of nitrogens with one attached hydrogen (secondary N) is 1. The van der Waals surface area contributed by atoms with Gasteiger partial charge in [0.1, 0.15) is 6.04 Å². The summed E-state index contributed by atoms with van der Waals surface area (Å²) in [5, 5.41) is 11.8. The minimum absolute atomic E-state index is 0.150. The first-order valence-corrected chi connectivity index (χ1v) is 7.26. The van der Waals surface area contributed by atoms with Crippen molar-refractivity contribution in [2.45, 2.75) is 51.6 Å². The van der Waals surface area contributed by atoms with Crippen LogP contribution in [-0.2, 0) is 9.53 Å². The van der Waals surface area contributed by atoms with Crippen molar-refractivity contribution in [2.75, 3.05) is 20.3 Å². The molecule has 6 nitrogen and oxygen atoms in total. The van der Waals surface area contributed by atoms with Gasteiger partial charge in [-0.1, -0.05) is 6.92 Å². The Kier molecular flexibility index (Phi) is 6.78. The van der Waals surface area contributed by atoms with Gasteiger partial charge < -0.3 is 20.1 Å². The predicted molar refractivity (Wildman–Crippen MR) is 75.6 cm³/mol. The smallest absolute Gasteiger partial charge is 0.326 e. The number of carboxylic acid groups (broad SMARTS) is 1. The molecule has 0 bridgehead atoms. The zero-order valence-electron chi connectivity index (χ0n) is 12.6. The third kappa shape index (κ3) is 4.67. The van der Waals surface area contributed by atoms with Crippen LogP contribution in [0.4, 0.5) is 4.79 Å². The van der Waals surface area contributed by atoms with Crippen molar-refractivity contribution in [3.8, 4) is 0 Å². The average molecular weight is 286 g/mol. The second kappa shape index (κ2) is 8.09. The number of aliphatic carboxylic acids is 1. The first kappa shape index (κ1) is 16.8. The number of piperidine rings is 1. The van der Waals surface area contributed by atoms with E-state index in [1.165, 1.54) is 0 Å². The molecule has 1 heterocycles. The first-order chi connectivity index (χ1) is 9.47. The van der Waals surface area contributed by atoms with Crippen LogP contribution in [0.1, 0.15) is 39.5 Å². The number of carbonyl (C=O) groups is 2. The van der Waals surface area contributed by atoms with E-state index in [0.717, 1.165) is 12.8 Å².